The lowest BCUT2D eigenvalue weighted by atomic mass is 10.2. The first-order valence-electron chi connectivity index (χ1n) is 4.67. The summed E-state index contributed by atoms with van der Waals surface area (Å²) in [5.74, 6) is 0. The highest BCUT2D eigenvalue weighted by molar-refractivity contribution is 7.89. The van der Waals surface area contributed by atoms with Crippen molar-refractivity contribution in [2.24, 2.45) is 0 Å². The molecule has 1 rings (SSSR count). The first-order chi connectivity index (χ1) is 7.03. The molecule has 0 aliphatic heterocycles. The van der Waals surface area contributed by atoms with Gasteiger partial charge in [0.1, 0.15) is 0 Å². The van der Waals surface area contributed by atoms with E-state index >= 15 is 0 Å². The molecule has 4 heteroatoms. The van der Waals surface area contributed by atoms with Gasteiger partial charge in [-0.2, -0.15) is 8.42 Å². The molecule has 0 spiro atoms. The summed E-state index contributed by atoms with van der Waals surface area (Å²) in [5, 5.41) is 1.07. The maximum atomic E-state index is 11.2. The summed E-state index contributed by atoms with van der Waals surface area (Å²) in [7, 11) is -3.52. The number of aryl methyl sites for hydroxylation is 1. The molecule has 1 aromatic rings. The van der Waals surface area contributed by atoms with Gasteiger partial charge in [-0.05, 0) is 25.5 Å². The second-order valence-electron chi connectivity index (χ2n) is 3.11. The van der Waals surface area contributed by atoms with Crippen LogP contribution in [0.5, 0.6) is 0 Å². The molecule has 0 amide bonds. The predicted molar refractivity (Wildman–Crippen MR) is 60.8 cm³/mol. The van der Waals surface area contributed by atoms with E-state index < -0.39 is 10.1 Å². The van der Waals surface area contributed by atoms with Crippen LogP contribution in [-0.2, 0) is 14.3 Å². The average Bonchev–Trinajstić information content (AvgIpc) is 2.17. The Kier molecular flexibility index (Phi) is 4.05. The van der Waals surface area contributed by atoms with Gasteiger partial charge in [0.2, 0.25) is 0 Å². The Morgan fingerprint density at radius 2 is 1.87 bits per heavy atom. The van der Waals surface area contributed by atoms with Gasteiger partial charge in [-0.15, -0.1) is 0 Å². The van der Waals surface area contributed by atoms with Crippen molar-refractivity contribution in [3.05, 3.63) is 40.8 Å². The van der Waals surface area contributed by atoms with Crippen LogP contribution in [0.4, 0.5) is 0 Å². The molecule has 0 saturated heterocycles. The van der Waals surface area contributed by atoms with Gasteiger partial charge < -0.3 is 0 Å². The fraction of sp³-hybridized carbons (Fsp3) is 0.273. The molecule has 82 valence electrons. The van der Waals surface area contributed by atoms with Crippen LogP contribution in [0.25, 0.3) is 6.08 Å². The van der Waals surface area contributed by atoms with E-state index in [1.54, 1.807) is 6.92 Å². The third-order valence-corrected chi connectivity index (χ3v) is 2.82. The number of rotatable bonds is 4. The van der Waals surface area contributed by atoms with Crippen LogP contribution in [-0.4, -0.2) is 15.0 Å². The summed E-state index contributed by atoms with van der Waals surface area (Å²) in [5.41, 5.74) is 1.98. The number of hydrogen-bond acceptors (Lipinski definition) is 3. The van der Waals surface area contributed by atoms with E-state index in [4.69, 9.17) is 0 Å². The van der Waals surface area contributed by atoms with Crippen LogP contribution < -0.4 is 0 Å². The normalized spacial score (nSPS) is 12.1. The van der Waals surface area contributed by atoms with Crippen molar-refractivity contribution in [2.45, 2.75) is 13.8 Å². The first-order valence-corrected chi connectivity index (χ1v) is 6.15. The highest BCUT2D eigenvalue weighted by Crippen LogP contribution is 2.07. The zero-order valence-corrected chi connectivity index (χ0v) is 9.62. The van der Waals surface area contributed by atoms with E-state index in [0.29, 0.717) is 0 Å². The standard InChI is InChI=1S/C11H14O3S/c1-3-14-15(12,13)9-8-11-6-4-10(2)5-7-11/h4-9H,3H2,1-2H3/b9-8+. The third kappa shape index (κ3) is 4.27. The largest absolute Gasteiger partial charge is 0.290 e. The Balaban J connectivity index is 2.78. The van der Waals surface area contributed by atoms with Crippen molar-refractivity contribution in [1.82, 2.24) is 0 Å². The summed E-state index contributed by atoms with van der Waals surface area (Å²) >= 11 is 0. The Hall–Kier alpha value is -1.13. The van der Waals surface area contributed by atoms with Gasteiger partial charge in [0, 0.05) is 0 Å². The minimum Gasteiger partial charge on any atom is -0.267 e. The van der Waals surface area contributed by atoms with Gasteiger partial charge in [0.05, 0.1) is 12.0 Å². The molecular formula is C11H14O3S. The summed E-state index contributed by atoms with van der Waals surface area (Å²) in [6.07, 6.45) is 1.52. The minimum absolute atomic E-state index is 0.153. The Labute approximate surface area is 90.5 Å². The molecule has 0 aliphatic carbocycles. The summed E-state index contributed by atoms with van der Waals surface area (Å²) in [6.45, 7) is 3.77. The quantitative estimate of drug-likeness (QED) is 0.740. The van der Waals surface area contributed by atoms with E-state index in [2.05, 4.69) is 4.18 Å². The molecular weight excluding hydrogens is 212 g/mol. The fourth-order valence-corrected chi connectivity index (χ4v) is 1.77. The van der Waals surface area contributed by atoms with E-state index in [-0.39, 0.29) is 6.61 Å². The smallest absolute Gasteiger partial charge is 0.267 e. The number of hydrogen-bond donors (Lipinski definition) is 0. The van der Waals surface area contributed by atoms with Gasteiger partial charge in [-0.25, -0.2) is 0 Å². The zero-order chi connectivity index (χ0) is 11.3. The molecule has 0 N–H and O–H groups in total. The highest BCUT2D eigenvalue weighted by atomic mass is 32.2. The summed E-state index contributed by atoms with van der Waals surface area (Å²) in [6, 6.07) is 7.56. The monoisotopic (exact) mass is 226 g/mol. The van der Waals surface area contributed by atoms with E-state index in [1.165, 1.54) is 6.08 Å². The fourth-order valence-electron chi connectivity index (χ4n) is 1.04. The van der Waals surface area contributed by atoms with Gasteiger partial charge in [-0.1, -0.05) is 29.8 Å². The maximum Gasteiger partial charge on any atom is 0.290 e. The molecule has 0 saturated carbocycles. The van der Waals surface area contributed by atoms with Crippen LogP contribution in [0.15, 0.2) is 29.7 Å². The van der Waals surface area contributed by atoms with Crippen molar-refractivity contribution >= 4 is 16.2 Å². The van der Waals surface area contributed by atoms with Crippen LogP contribution in [0.2, 0.25) is 0 Å². The molecule has 3 nitrogen and oxygen atoms in total. The lowest BCUT2D eigenvalue weighted by molar-refractivity contribution is 0.345. The predicted octanol–water partition coefficient (Wildman–Crippen LogP) is 2.33. The molecule has 0 unspecified atom stereocenters. The Morgan fingerprint density at radius 1 is 1.27 bits per heavy atom. The minimum atomic E-state index is -3.52. The SMILES string of the molecule is CCOS(=O)(=O)/C=C/c1ccc(C)cc1. The van der Waals surface area contributed by atoms with Gasteiger partial charge in [-0.3, -0.25) is 4.18 Å². The molecule has 0 aromatic heterocycles. The van der Waals surface area contributed by atoms with Gasteiger partial charge >= 0.3 is 0 Å². The van der Waals surface area contributed by atoms with Crippen molar-refractivity contribution in [3.63, 3.8) is 0 Å². The van der Waals surface area contributed by atoms with Crippen LogP contribution >= 0.6 is 0 Å². The molecule has 0 heterocycles. The molecule has 0 atom stereocenters. The van der Waals surface area contributed by atoms with Crippen molar-refractivity contribution in [3.8, 4) is 0 Å². The van der Waals surface area contributed by atoms with Crippen LogP contribution in [0.3, 0.4) is 0 Å². The Morgan fingerprint density at radius 3 is 2.40 bits per heavy atom. The maximum absolute atomic E-state index is 11.2. The van der Waals surface area contributed by atoms with Crippen molar-refractivity contribution < 1.29 is 12.6 Å². The molecule has 0 fully saturated rings. The lowest BCUT2D eigenvalue weighted by Gasteiger charge is -1.97. The van der Waals surface area contributed by atoms with E-state index in [1.807, 2.05) is 31.2 Å². The Bertz CT molecular complexity index is 429. The first kappa shape index (κ1) is 11.9. The van der Waals surface area contributed by atoms with E-state index in [9.17, 15) is 8.42 Å². The molecule has 15 heavy (non-hydrogen) atoms. The second kappa shape index (κ2) is 5.09. The average molecular weight is 226 g/mol. The topological polar surface area (TPSA) is 43.4 Å². The zero-order valence-electron chi connectivity index (χ0n) is 8.80. The third-order valence-electron chi connectivity index (χ3n) is 1.79. The summed E-state index contributed by atoms with van der Waals surface area (Å²) < 4.78 is 26.9. The molecule has 0 radical (unpaired) electrons. The van der Waals surface area contributed by atoms with E-state index in [0.717, 1.165) is 16.5 Å². The van der Waals surface area contributed by atoms with Crippen LogP contribution in [0, 0.1) is 6.92 Å². The molecule has 0 bridgehead atoms. The second-order valence-corrected chi connectivity index (χ2v) is 4.61. The molecule has 0 aliphatic rings. The van der Waals surface area contributed by atoms with Gasteiger partial charge in [0.15, 0.2) is 0 Å². The lowest BCUT2D eigenvalue weighted by Crippen LogP contribution is -2.00. The molecule has 1 aromatic carbocycles. The highest BCUT2D eigenvalue weighted by Gasteiger charge is 2.02. The van der Waals surface area contributed by atoms with Crippen molar-refractivity contribution in [2.75, 3.05) is 6.61 Å². The number of benzene rings is 1. The summed E-state index contributed by atoms with van der Waals surface area (Å²) in [4.78, 5) is 0. The van der Waals surface area contributed by atoms with Gasteiger partial charge in [0.25, 0.3) is 10.1 Å². The van der Waals surface area contributed by atoms with Crippen molar-refractivity contribution in [1.29, 1.82) is 0 Å². The van der Waals surface area contributed by atoms with Crippen LogP contribution in [0.1, 0.15) is 18.1 Å².